The molecule has 0 bridgehead atoms. The maximum atomic E-state index is 13.4. The monoisotopic (exact) mass is 290 g/mol. The van der Waals surface area contributed by atoms with Crippen LogP contribution in [0.15, 0.2) is 23.2 Å². The molecule has 3 N–H and O–H groups in total. The van der Waals surface area contributed by atoms with E-state index >= 15 is 0 Å². The summed E-state index contributed by atoms with van der Waals surface area (Å²) in [5.74, 6) is -2.44. The van der Waals surface area contributed by atoms with Crippen molar-refractivity contribution in [2.24, 2.45) is 0 Å². The minimum Gasteiger partial charge on any atom is -0.396 e. The van der Waals surface area contributed by atoms with Crippen molar-refractivity contribution in [2.75, 3.05) is 12.3 Å². The van der Waals surface area contributed by atoms with Gasteiger partial charge in [-0.25, -0.2) is 8.78 Å². The molecule has 0 aliphatic carbocycles. The van der Waals surface area contributed by atoms with Gasteiger partial charge in [0.2, 0.25) is 0 Å². The molecule has 16 heavy (non-hydrogen) atoms. The maximum Gasteiger partial charge on any atom is 0.254 e. The van der Waals surface area contributed by atoms with Crippen LogP contribution >= 0.6 is 15.9 Å². The quantitative estimate of drug-likeness (QED) is 0.839. The van der Waals surface area contributed by atoms with E-state index < -0.39 is 28.8 Å². The van der Waals surface area contributed by atoms with Gasteiger partial charge in [-0.1, -0.05) is 22.5 Å². The molecule has 0 unspecified atom stereocenters. The molecule has 0 aliphatic rings. The lowest BCUT2D eigenvalue weighted by molar-refractivity contribution is 0.0953. The normalized spacial score (nSPS) is 9.94. The number of carbonyl (C=O) groups excluding carboxylic acids is 1. The summed E-state index contributed by atoms with van der Waals surface area (Å²) < 4.78 is 26.8. The summed E-state index contributed by atoms with van der Waals surface area (Å²) in [4.78, 5) is 11.4. The van der Waals surface area contributed by atoms with E-state index in [0.29, 0.717) is 4.48 Å². The fourth-order valence-electron chi connectivity index (χ4n) is 1.05. The Balaban J connectivity index is 2.95. The van der Waals surface area contributed by atoms with Gasteiger partial charge in [0.1, 0.15) is 5.82 Å². The second-order valence-electron chi connectivity index (χ2n) is 3.06. The third-order valence-corrected chi connectivity index (χ3v) is 2.03. The molecule has 0 aromatic heterocycles. The van der Waals surface area contributed by atoms with E-state index in [0.717, 1.165) is 12.1 Å². The Bertz CT molecular complexity index is 449. The van der Waals surface area contributed by atoms with Crippen LogP contribution in [0.25, 0.3) is 0 Å². The summed E-state index contributed by atoms with van der Waals surface area (Å²) >= 11 is 3.02. The number of halogens is 3. The van der Waals surface area contributed by atoms with Crippen molar-refractivity contribution in [2.45, 2.75) is 0 Å². The number of benzene rings is 1. The van der Waals surface area contributed by atoms with E-state index in [2.05, 4.69) is 27.8 Å². The molecule has 0 aliphatic heterocycles. The lowest BCUT2D eigenvalue weighted by atomic mass is 10.1. The Morgan fingerprint density at radius 3 is 2.69 bits per heavy atom. The Kier molecular flexibility index (Phi) is 4.00. The van der Waals surface area contributed by atoms with E-state index in [1.807, 2.05) is 0 Å². The van der Waals surface area contributed by atoms with Crippen LogP contribution in [0.4, 0.5) is 14.5 Å². The fraction of sp³-hybridized carbons (Fsp3) is 0.100. The molecule has 0 fully saturated rings. The number of hydrogen-bond acceptors (Lipinski definition) is 2. The predicted octanol–water partition coefficient (Wildman–Crippen LogP) is 2.19. The van der Waals surface area contributed by atoms with Gasteiger partial charge in [0.15, 0.2) is 5.82 Å². The zero-order chi connectivity index (χ0) is 12.3. The van der Waals surface area contributed by atoms with Gasteiger partial charge < -0.3 is 11.1 Å². The van der Waals surface area contributed by atoms with E-state index in [4.69, 9.17) is 5.73 Å². The largest absolute Gasteiger partial charge is 0.396 e. The molecule has 1 amide bonds. The standard InChI is InChI=1S/C10H9BrF2N2O/c1-5(11)4-15-10(16)7-2-6(12)3-8(14)9(7)13/h2-3H,1,4,14H2,(H,15,16). The van der Waals surface area contributed by atoms with Crippen molar-refractivity contribution in [1.82, 2.24) is 5.32 Å². The topological polar surface area (TPSA) is 55.1 Å². The van der Waals surface area contributed by atoms with Crippen LogP contribution in [0, 0.1) is 11.6 Å². The molecule has 3 nitrogen and oxygen atoms in total. The van der Waals surface area contributed by atoms with Gasteiger partial charge in [-0.3, -0.25) is 4.79 Å². The SMILES string of the molecule is C=C(Br)CNC(=O)c1cc(F)cc(N)c1F. The summed E-state index contributed by atoms with van der Waals surface area (Å²) in [6.07, 6.45) is 0. The second kappa shape index (κ2) is 5.07. The van der Waals surface area contributed by atoms with E-state index in [-0.39, 0.29) is 6.54 Å². The third kappa shape index (κ3) is 3.03. The summed E-state index contributed by atoms with van der Waals surface area (Å²) in [5, 5.41) is 2.35. The molecule has 0 spiro atoms. The maximum absolute atomic E-state index is 13.4. The molecule has 86 valence electrons. The Morgan fingerprint density at radius 1 is 1.50 bits per heavy atom. The lowest BCUT2D eigenvalue weighted by Crippen LogP contribution is -2.25. The van der Waals surface area contributed by atoms with Crippen molar-refractivity contribution in [3.05, 3.63) is 40.4 Å². The highest BCUT2D eigenvalue weighted by Gasteiger charge is 2.15. The molecule has 0 saturated heterocycles. The van der Waals surface area contributed by atoms with E-state index in [1.54, 1.807) is 0 Å². The zero-order valence-corrected chi connectivity index (χ0v) is 9.77. The van der Waals surface area contributed by atoms with Crippen molar-refractivity contribution in [1.29, 1.82) is 0 Å². The predicted molar refractivity (Wildman–Crippen MR) is 61.2 cm³/mol. The van der Waals surface area contributed by atoms with Crippen molar-refractivity contribution in [3.8, 4) is 0 Å². The third-order valence-electron chi connectivity index (χ3n) is 1.75. The average Bonchev–Trinajstić information content (AvgIpc) is 2.19. The number of hydrogen-bond donors (Lipinski definition) is 2. The average molecular weight is 291 g/mol. The highest BCUT2D eigenvalue weighted by atomic mass is 79.9. The minimum atomic E-state index is -0.931. The van der Waals surface area contributed by atoms with Crippen LogP contribution in [-0.4, -0.2) is 12.5 Å². The highest BCUT2D eigenvalue weighted by molar-refractivity contribution is 9.11. The number of rotatable bonds is 3. The molecule has 6 heteroatoms. The fourth-order valence-corrected chi connectivity index (χ4v) is 1.19. The lowest BCUT2D eigenvalue weighted by Gasteiger charge is -2.06. The smallest absolute Gasteiger partial charge is 0.254 e. The van der Waals surface area contributed by atoms with E-state index in [1.165, 1.54) is 0 Å². The Labute approximate surface area is 99.5 Å². The van der Waals surface area contributed by atoms with Crippen LogP contribution in [0.5, 0.6) is 0 Å². The first kappa shape index (κ1) is 12.6. The number of carbonyl (C=O) groups is 1. The summed E-state index contributed by atoms with van der Waals surface area (Å²) in [6, 6.07) is 1.60. The van der Waals surface area contributed by atoms with Gasteiger partial charge in [-0.2, -0.15) is 0 Å². The van der Waals surface area contributed by atoms with Crippen LogP contribution in [0.3, 0.4) is 0 Å². The summed E-state index contributed by atoms with van der Waals surface area (Å²) in [6.45, 7) is 3.61. The van der Waals surface area contributed by atoms with Gasteiger partial charge in [-0.15, -0.1) is 0 Å². The highest BCUT2D eigenvalue weighted by Crippen LogP contribution is 2.17. The summed E-state index contributed by atoms with van der Waals surface area (Å²) in [7, 11) is 0. The molecular weight excluding hydrogens is 282 g/mol. The molecule has 0 saturated carbocycles. The number of nitrogens with one attached hydrogen (secondary N) is 1. The summed E-state index contributed by atoms with van der Waals surface area (Å²) in [5.41, 5.74) is 4.37. The first-order valence-corrected chi connectivity index (χ1v) is 5.07. The van der Waals surface area contributed by atoms with Gasteiger partial charge in [0.05, 0.1) is 11.3 Å². The van der Waals surface area contributed by atoms with Gasteiger partial charge in [0, 0.05) is 11.0 Å². The van der Waals surface area contributed by atoms with E-state index in [9.17, 15) is 13.6 Å². The van der Waals surface area contributed by atoms with Gasteiger partial charge in [-0.05, 0) is 12.1 Å². The van der Waals surface area contributed by atoms with Gasteiger partial charge >= 0.3 is 0 Å². The molecule has 0 heterocycles. The molecule has 1 aromatic rings. The van der Waals surface area contributed by atoms with Crippen LogP contribution in [0.1, 0.15) is 10.4 Å². The van der Waals surface area contributed by atoms with Crippen LogP contribution in [0.2, 0.25) is 0 Å². The Morgan fingerprint density at radius 2 is 2.12 bits per heavy atom. The zero-order valence-electron chi connectivity index (χ0n) is 8.19. The van der Waals surface area contributed by atoms with Crippen molar-refractivity contribution >= 4 is 27.5 Å². The van der Waals surface area contributed by atoms with Crippen LogP contribution < -0.4 is 11.1 Å². The number of anilines is 1. The minimum absolute atomic E-state index is 0.120. The van der Waals surface area contributed by atoms with Crippen molar-refractivity contribution in [3.63, 3.8) is 0 Å². The second-order valence-corrected chi connectivity index (χ2v) is 4.18. The van der Waals surface area contributed by atoms with Crippen molar-refractivity contribution < 1.29 is 13.6 Å². The van der Waals surface area contributed by atoms with Gasteiger partial charge in [0.25, 0.3) is 5.91 Å². The number of amides is 1. The molecule has 1 rings (SSSR count). The first-order valence-electron chi connectivity index (χ1n) is 4.28. The number of nitrogen functional groups attached to an aromatic ring is 1. The molecule has 0 radical (unpaired) electrons. The number of nitrogens with two attached hydrogens (primary N) is 1. The molecule has 0 atom stereocenters. The molecular formula is C10H9BrF2N2O. The van der Waals surface area contributed by atoms with Crippen LogP contribution in [-0.2, 0) is 0 Å². The molecule has 1 aromatic carbocycles. The Hall–Kier alpha value is -1.43. The first-order chi connectivity index (χ1) is 7.41.